The van der Waals surface area contributed by atoms with Gasteiger partial charge in [0, 0.05) is 11.6 Å². The molecule has 1 aromatic carbocycles. The van der Waals surface area contributed by atoms with Crippen LogP contribution in [0, 0.1) is 17.0 Å². The molecule has 0 aliphatic rings. The highest BCUT2D eigenvalue weighted by Crippen LogP contribution is 2.14. The van der Waals surface area contributed by atoms with E-state index in [-0.39, 0.29) is 10.6 Å². The maximum absolute atomic E-state index is 10.2. The lowest BCUT2D eigenvalue weighted by Gasteiger charge is -1.92. The molecule has 3 heteroatoms. The third-order valence-electron chi connectivity index (χ3n) is 1.31. The normalized spacial score (nSPS) is 8.25. The van der Waals surface area contributed by atoms with E-state index in [9.17, 15) is 10.1 Å². The number of benzene rings is 1. The minimum atomic E-state index is -0.380. The SMILES string of the molecule is CC.Cc1ccccc1[N+](=O)[O-]. The predicted octanol–water partition coefficient (Wildman–Crippen LogP) is 2.93. The van der Waals surface area contributed by atoms with Gasteiger partial charge in [-0.2, -0.15) is 0 Å². The zero-order valence-corrected chi connectivity index (χ0v) is 7.57. The Kier molecular flexibility index (Phi) is 4.69. The summed E-state index contributed by atoms with van der Waals surface area (Å²) in [6.07, 6.45) is 0. The Morgan fingerprint density at radius 3 is 2.08 bits per heavy atom. The number of para-hydroxylation sites is 1. The Hall–Kier alpha value is -1.38. The van der Waals surface area contributed by atoms with Crippen LogP contribution in [0.4, 0.5) is 5.69 Å². The van der Waals surface area contributed by atoms with Gasteiger partial charge in [0.1, 0.15) is 0 Å². The maximum Gasteiger partial charge on any atom is 0.272 e. The summed E-state index contributed by atoms with van der Waals surface area (Å²) < 4.78 is 0. The van der Waals surface area contributed by atoms with Crippen molar-refractivity contribution >= 4 is 5.69 Å². The van der Waals surface area contributed by atoms with Crippen molar-refractivity contribution in [1.82, 2.24) is 0 Å². The number of aryl methyl sites for hydroxylation is 1. The van der Waals surface area contributed by atoms with Crippen LogP contribution in [0.1, 0.15) is 19.4 Å². The highest BCUT2D eigenvalue weighted by Gasteiger charge is 2.05. The summed E-state index contributed by atoms with van der Waals surface area (Å²) in [6, 6.07) is 6.65. The smallest absolute Gasteiger partial charge is 0.258 e. The third kappa shape index (κ3) is 2.70. The van der Waals surface area contributed by atoms with Crippen LogP contribution in [0.5, 0.6) is 0 Å². The van der Waals surface area contributed by atoms with Crippen LogP contribution in [0.2, 0.25) is 0 Å². The molecule has 1 rings (SSSR count). The molecule has 0 amide bonds. The molecule has 0 saturated carbocycles. The average Bonchev–Trinajstić information content (AvgIpc) is 2.08. The van der Waals surface area contributed by atoms with E-state index >= 15 is 0 Å². The molecule has 1 aromatic rings. The van der Waals surface area contributed by atoms with Gasteiger partial charge in [0.2, 0.25) is 0 Å². The molecule has 0 unspecified atom stereocenters. The van der Waals surface area contributed by atoms with Crippen LogP contribution >= 0.6 is 0 Å². The molecular formula is C9H13NO2. The second-order valence-corrected chi connectivity index (χ2v) is 2.04. The van der Waals surface area contributed by atoms with E-state index < -0.39 is 0 Å². The molecule has 0 aliphatic heterocycles. The van der Waals surface area contributed by atoms with Crippen molar-refractivity contribution in [3.63, 3.8) is 0 Å². The zero-order valence-electron chi connectivity index (χ0n) is 7.57. The summed E-state index contributed by atoms with van der Waals surface area (Å²) in [4.78, 5) is 9.85. The standard InChI is InChI=1S/C7H7NO2.C2H6/c1-6-4-2-3-5-7(6)8(9)10;1-2/h2-5H,1H3;1-2H3. The minimum absolute atomic E-state index is 0.183. The summed E-state index contributed by atoms with van der Waals surface area (Å²) in [5.74, 6) is 0. The molecule has 12 heavy (non-hydrogen) atoms. The molecule has 0 saturated heterocycles. The lowest BCUT2D eigenvalue weighted by Crippen LogP contribution is -1.89. The molecule has 0 atom stereocenters. The lowest BCUT2D eigenvalue weighted by molar-refractivity contribution is -0.385. The van der Waals surface area contributed by atoms with E-state index in [1.165, 1.54) is 6.07 Å². The first kappa shape index (κ1) is 10.6. The van der Waals surface area contributed by atoms with Gasteiger partial charge in [0.15, 0.2) is 0 Å². The molecule has 0 aromatic heterocycles. The van der Waals surface area contributed by atoms with Crippen molar-refractivity contribution < 1.29 is 4.92 Å². The Bertz CT molecular complexity index is 258. The van der Waals surface area contributed by atoms with Gasteiger partial charge in [-0.1, -0.05) is 32.0 Å². The van der Waals surface area contributed by atoms with Crippen molar-refractivity contribution in [2.75, 3.05) is 0 Å². The molecule has 66 valence electrons. The molecular weight excluding hydrogens is 154 g/mol. The fourth-order valence-electron chi connectivity index (χ4n) is 0.768. The minimum Gasteiger partial charge on any atom is -0.258 e. The summed E-state index contributed by atoms with van der Waals surface area (Å²) in [6.45, 7) is 5.72. The van der Waals surface area contributed by atoms with E-state index in [0.717, 1.165) is 0 Å². The molecule has 0 radical (unpaired) electrons. The second-order valence-electron chi connectivity index (χ2n) is 2.04. The summed E-state index contributed by atoms with van der Waals surface area (Å²) >= 11 is 0. The van der Waals surface area contributed by atoms with Crippen LogP contribution in [0.25, 0.3) is 0 Å². The first-order valence-electron chi connectivity index (χ1n) is 3.92. The van der Waals surface area contributed by atoms with Crippen LogP contribution in [0.3, 0.4) is 0 Å². The van der Waals surface area contributed by atoms with Crippen molar-refractivity contribution in [2.45, 2.75) is 20.8 Å². The van der Waals surface area contributed by atoms with Crippen molar-refractivity contribution in [3.8, 4) is 0 Å². The van der Waals surface area contributed by atoms with Crippen molar-refractivity contribution in [1.29, 1.82) is 0 Å². The van der Waals surface area contributed by atoms with E-state index in [4.69, 9.17) is 0 Å². The number of rotatable bonds is 1. The second kappa shape index (κ2) is 5.29. The molecule has 0 N–H and O–H groups in total. The fraction of sp³-hybridized carbons (Fsp3) is 0.333. The molecule has 0 heterocycles. The van der Waals surface area contributed by atoms with Crippen molar-refractivity contribution in [2.24, 2.45) is 0 Å². The first-order valence-corrected chi connectivity index (χ1v) is 3.92. The van der Waals surface area contributed by atoms with Gasteiger partial charge < -0.3 is 0 Å². The lowest BCUT2D eigenvalue weighted by atomic mass is 10.2. The first-order chi connectivity index (χ1) is 5.72. The Balaban J connectivity index is 0.000000561. The van der Waals surface area contributed by atoms with Gasteiger partial charge in [0.25, 0.3) is 5.69 Å². The van der Waals surface area contributed by atoms with Crippen LogP contribution in [-0.4, -0.2) is 4.92 Å². The topological polar surface area (TPSA) is 43.1 Å². The van der Waals surface area contributed by atoms with Crippen LogP contribution in [-0.2, 0) is 0 Å². The number of hydrogen-bond acceptors (Lipinski definition) is 2. The summed E-state index contributed by atoms with van der Waals surface area (Å²) in [5.41, 5.74) is 0.884. The Morgan fingerprint density at radius 1 is 1.25 bits per heavy atom. The number of hydrogen-bond donors (Lipinski definition) is 0. The third-order valence-corrected chi connectivity index (χ3v) is 1.31. The largest absolute Gasteiger partial charge is 0.272 e. The van der Waals surface area contributed by atoms with Gasteiger partial charge in [-0.15, -0.1) is 0 Å². The number of nitro groups is 1. The van der Waals surface area contributed by atoms with Gasteiger partial charge >= 0.3 is 0 Å². The fourth-order valence-corrected chi connectivity index (χ4v) is 0.768. The number of nitrogens with zero attached hydrogens (tertiary/aromatic N) is 1. The molecule has 0 spiro atoms. The zero-order chi connectivity index (χ0) is 9.56. The molecule has 0 aliphatic carbocycles. The predicted molar refractivity (Wildman–Crippen MR) is 49.2 cm³/mol. The van der Waals surface area contributed by atoms with Crippen molar-refractivity contribution in [3.05, 3.63) is 39.9 Å². The number of nitro benzene ring substituents is 1. The molecule has 0 bridgehead atoms. The van der Waals surface area contributed by atoms with E-state index in [1.807, 2.05) is 13.8 Å². The van der Waals surface area contributed by atoms with Gasteiger partial charge in [-0.05, 0) is 6.92 Å². The Morgan fingerprint density at radius 2 is 1.75 bits per heavy atom. The van der Waals surface area contributed by atoms with E-state index in [1.54, 1.807) is 25.1 Å². The Labute approximate surface area is 72.2 Å². The van der Waals surface area contributed by atoms with Gasteiger partial charge in [0.05, 0.1) is 4.92 Å². The quantitative estimate of drug-likeness (QED) is 0.476. The van der Waals surface area contributed by atoms with Crippen LogP contribution in [0.15, 0.2) is 24.3 Å². The van der Waals surface area contributed by atoms with Crippen LogP contribution < -0.4 is 0 Å². The summed E-state index contributed by atoms with van der Waals surface area (Å²) in [5, 5.41) is 10.2. The van der Waals surface area contributed by atoms with E-state index in [0.29, 0.717) is 5.56 Å². The molecule has 0 fully saturated rings. The highest BCUT2D eigenvalue weighted by molar-refractivity contribution is 5.38. The maximum atomic E-state index is 10.2. The monoisotopic (exact) mass is 167 g/mol. The van der Waals surface area contributed by atoms with Gasteiger partial charge in [-0.25, -0.2) is 0 Å². The molecule has 3 nitrogen and oxygen atoms in total. The van der Waals surface area contributed by atoms with Gasteiger partial charge in [-0.3, -0.25) is 10.1 Å². The summed E-state index contributed by atoms with van der Waals surface area (Å²) in [7, 11) is 0. The highest BCUT2D eigenvalue weighted by atomic mass is 16.6. The average molecular weight is 167 g/mol. The van der Waals surface area contributed by atoms with E-state index in [2.05, 4.69) is 0 Å².